The van der Waals surface area contributed by atoms with Gasteiger partial charge in [0.1, 0.15) is 5.82 Å². The molecule has 0 amide bonds. The van der Waals surface area contributed by atoms with E-state index in [9.17, 15) is 9.18 Å². The summed E-state index contributed by atoms with van der Waals surface area (Å²) in [6.45, 7) is -0.0200. The maximum Gasteiger partial charge on any atom is 0.306 e. The Morgan fingerprint density at radius 3 is 2.79 bits per heavy atom. The minimum Gasteiger partial charge on any atom is -0.456 e. The fourth-order valence-electron chi connectivity index (χ4n) is 4.07. The fraction of sp³-hybridized carbons (Fsp3) is 0.500. The summed E-state index contributed by atoms with van der Waals surface area (Å²) in [5.41, 5.74) is 0.653. The van der Waals surface area contributed by atoms with E-state index in [1.165, 1.54) is 31.4 Å². The van der Waals surface area contributed by atoms with Gasteiger partial charge in [-0.1, -0.05) is 11.6 Å². The van der Waals surface area contributed by atoms with Crippen LogP contribution in [-0.4, -0.2) is 16.1 Å². The summed E-state index contributed by atoms with van der Waals surface area (Å²) in [5.74, 6) is 2.09. The number of ether oxygens (including phenoxy) is 1. The number of halogens is 1. The summed E-state index contributed by atoms with van der Waals surface area (Å²) >= 11 is 0. The van der Waals surface area contributed by atoms with E-state index < -0.39 is 0 Å². The topological polar surface area (TPSA) is 65.2 Å². The quantitative estimate of drug-likeness (QED) is 0.781. The molecular formula is C18H19FN2O3. The number of carbonyl (C=O) groups is 1. The minimum atomic E-state index is -0.322. The average molecular weight is 330 g/mol. The maximum atomic E-state index is 12.9. The SMILES string of the molecule is O=C(C[C@H]1C[C@@H]2CC[C@@H]1C2)OCc1nc(-c2ccc(F)cc2)no1. The lowest BCUT2D eigenvalue weighted by atomic mass is 9.86. The van der Waals surface area contributed by atoms with Gasteiger partial charge in [0.25, 0.3) is 5.89 Å². The van der Waals surface area contributed by atoms with Gasteiger partial charge in [0.05, 0.1) is 0 Å². The summed E-state index contributed by atoms with van der Waals surface area (Å²) in [6, 6.07) is 5.82. The second kappa shape index (κ2) is 6.34. The van der Waals surface area contributed by atoms with E-state index in [-0.39, 0.29) is 24.3 Å². The van der Waals surface area contributed by atoms with Gasteiger partial charge in [-0.2, -0.15) is 4.98 Å². The number of aromatic nitrogens is 2. The highest BCUT2D eigenvalue weighted by atomic mass is 19.1. The van der Waals surface area contributed by atoms with Crippen molar-refractivity contribution in [1.29, 1.82) is 0 Å². The third-order valence-electron chi connectivity index (χ3n) is 5.24. The lowest BCUT2D eigenvalue weighted by molar-refractivity contribution is -0.147. The van der Waals surface area contributed by atoms with Crippen LogP contribution in [0.5, 0.6) is 0 Å². The molecule has 0 unspecified atom stereocenters. The fourth-order valence-corrected chi connectivity index (χ4v) is 4.07. The number of rotatable bonds is 5. The van der Waals surface area contributed by atoms with Gasteiger partial charge < -0.3 is 9.26 Å². The van der Waals surface area contributed by atoms with Gasteiger partial charge in [0.2, 0.25) is 5.82 Å². The van der Waals surface area contributed by atoms with Gasteiger partial charge in [-0.05, 0) is 61.3 Å². The first-order valence-corrected chi connectivity index (χ1v) is 8.41. The maximum absolute atomic E-state index is 12.9. The van der Waals surface area contributed by atoms with Crippen LogP contribution in [0.25, 0.3) is 11.4 Å². The Balaban J connectivity index is 1.30. The molecule has 2 bridgehead atoms. The molecule has 2 fully saturated rings. The summed E-state index contributed by atoms with van der Waals surface area (Å²) < 4.78 is 23.3. The molecule has 1 aromatic carbocycles. The van der Waals surface area contributed by atoms with Crippen LogP contribution in [0.15, 0.2) is 28.8 Å². The number of esters is 1. The van der Waals surface area contributed by atoms with E-state index in [1.54, 1.807) is 12.1 Å². The van der Waals surface area contributed by atoms with E-state index in [0.717, 1.165) is 12.3 Å². The van der Waals surface area contributed by atoms with Crippen molar-refractivity contribution in [1.82, 2.24) is 10.1 Å². The minimum absolute atomic E-state index is 0.0200. The van der Waals surface area contributed by atoms with Crippen LogP contribution >= 0.6 is 0 Å². The Hall–Kier alpha value is -2.24. The molecule has 3 atom stereocenters. The number of carbonyl (C=O) groups excluding carboxylic acids is 1. The van der Waals surface area contributed by atoms with Crippen LogP contribution in [0.2, 0.25) is 0 Å². The van der Waals surface area contributed by atoms with E-state index in [1.807, 2.05) is 0 Å². The van der Waals surface area contributed by atoms with E-state index >= 15 is 0 Å². The van der Waals surface area contributed by atoms with Crippen LogP contribution in [0.4, 0.5) is 4.39 Å². The molecule has 6 heteroatoms. The number of hydrogen-bond donors (Lipinski definition) is 0. The molecule has 2 aliphatic rings. The molecule has 2 saturated carbocycles. The largest absolute Gasteiger partial charge is 0.456 e. The Morgan fingerprint density at radius 1 is 1.25 bits per heavy atom. The predicted octanol–water partition coefficient (Wildman–Crippen LogP) is 3.75. The zero-order chi connectivity index (χ0) is 16.5. The average Bonchev–Trinajstić information content (AvgIpc) is 3.30. The molecule has 2 aromatic rings. The van der Waals surface area contributed by atoms with Crippen molar-refractivity contribution in [2.75, 3.05) is 0 Å². The van der Waals surface area contributed by atoms with Crippen molar-refractivity contribution in [2.24, 2.45) is 17.8 Å². The number of fused-ring (bicyclic) bond motifs is 2. The standard InChI is InChI=1S/C18H19FN2O3/c19-15-5-3-12(4-6-15)18-20-16(24-21-18)10-23-17(22)9-14-8-11-1-2-13(14)7-11/h3-6,11,13-14H,1-2,7-10H2/t11-,13-,14-/m1/s1. The Labute approximate surface area is 139 Å². The van der Waals surface area contributed by atoms with Crippen molar-refractivity contribution in [3.63, 3.8) is 0 Å². The van der Waals surface area contributed by atoms with Crippen LogP contribution in [-0.2, 0) is 16.1 Å². The van der Waals surface area contributed by atoms with E-state index in [2.05, 4.69) is 10.1 Å². The van der Waals surface area contributed by atoms with Crippen molar-refractivity contribution in [3.05, 3.63) is 36.0 Å². The van der Waals surface area contributed by atoms with Gasteiger partial charge in [-0.3, -0.25) is 4.79 Å². The number of benzene rings is 1. The molecular weight excluding hydrogens is 311 g/mol. The van der Waals surface area contributed by atoms with E-state index in [4.69, 9.17) is 9.26 Å². The zero-order valence-electron chi connectivity index (χ0n) is 13.3. The first kappa shape index (κ1) is 15.3. The van der Waals surface area contributed by atoms with Crippen molar-refractivity contribution in [3.8, 4) is 11.4 Å². The molecule has 0 radical (unpaired) electrons. The number of hydrogen-bond acceptors (Lipinski definition) is 5. The van der Waals surface area contributed by atoms with Crippen LogP contribution < -0.4 is 0 Å². The van der Waals surface area contributed by atoms with Crippen LogP contribution in [0, 0.1) is 23.6 Å². The second-order valence-electron chi connectivity index (χ2n) is 6.82. The molecule has 24 heavy (non-hydrogen) atoms. The van der Waals surface area contributed by atoms with Crippen molar-refractivity contribution < 1.29 is 18.4 Å². The third kappa shape index (κ3) is 3.18. The highest BCUT2D eigenvalue weighted by Crippen LogP contribution is 2.49. The third-order valence-corrected chi connectivity index (χ3v) is 5.24. The Kier molecular flexibility index (Phi) is 4.04. The lowest BCUT2D eigenvalue weighted by Gasteiger charge is -2.20. The molecule has 2 aliphatic carbocycles. The van der Waals surface area contributed by atoms with E-state index in [0.29, 0.717) is 29.6 Å². The van der Waals surface area contributed by atoms with Gasteiger partial charge in [-0.25, -0.2) is 4.39 Å². The molecule has 5 nitrogen and oxygen atoms in total. The van der Waals surface area contributed by atoms with Gasteiger partial charge in [0, 0.05) is 12.0 Å². The second-order valence-corrected chi connectivity index (χ2v) is 6.82. The lowest BCUT2D eigenvalue weighted by Crippen LogP contribution is -2.17. The summed E-state index contributed by atoms with van der Waals surface area (Å²) in [5, 5.41) is 3.83. The summed E-state index contributed by atoms with van der Waals surface area (Å²) in [6.07, 6.45) is 5.51. The normalized spacial score (nSPS) is 25.1. The summed E-state index contributed by atoms with van der Waals surface area (Å²) in [4.78, 5) is 16.2. The first-order valence-electron chi connectivity index (χ1n) is 8.41. The van der Waals surface area contributed by atoms with Gasteiger partial charge in [-0.15, -0.1) is 0 Å². The molecule has 0 spiro atoms. The number of nitrogens with zero attached hydrogens (tertiary/aromatic N) is 2. The van der Waals surface area contributed by atoms with Crippen LogP contribution in [0.3, 0.4) is 0 Å². The highest BCUT2D eigenvalue weighted by Gasteiger charge is 2.40. The van der Waals surface area contributed by atoms with Gasteiger partial charge in [0.15, 0.2) is 6.61 Å². The summed E-state index contributed by atoms with van der Waals surface area (Å²) in [7, 11) is 0. The van der Waals surface area contributed by atoms with Gasteiger partial charge >= 0.3 is 5.97 Å². The monoisotopic (exact) mass is 330 g/mol. The molecule has 0 aliphatic heterocycles. The smallest absolute Gasteiger partial charge is 0.306 e. The molecule has 0 saturated heterocycles. The molecule has 4 rings (SSSR count). The van der Waals surface area contributed by atoms with Crippen LogP contribution in [0.1, 0.15) is 38.0 Å². The Morgan fingerprint density at radius 2 is 2.08 bits per heavy atom. The molecule has 0 N–H and O–H groups in total. The van der Waals surface area contributed by atoms with Crippen molar-refractivity contribution in [2.45, 2.75) is 38.7 Å². The predicted molar refractivity (Wildman–Crippen MR) is 83.0 cm³/mol. The first-order chi connectivity index (χ1) is 11.7. The highest BCUT2D eigenvalue weighted by molar-refractivity contribution is 5.69. The van der Waals surface area contributed by atoms with Crippen molar-refractivity contribution >= 4 is 5.97 Å². The molecule has 1 aromatic heterocycles. The zero-order valence-corrected chi connectivity index (χ0v) is 13.3. The Bertz CT molecular complexity index is 728. The molecule has 126 valence electrons. The molecule has 1 heterocycles.